The van der Waals surface area contributed by atoms with Gasteiger partial charge in [-0.1, -0.05) is 25.1 Å². The van der Waals surface area contributed by atoms with Crippen molar-refractivity contribution in [3.8, 4) is 5.75 Å². The van der Waals surface area contributed by atoms with Gasteiger partial charge < -0.3 is 10.5 Å². The average molecular weight is 181 g/mol. The molecule has 0 heterocycles. The van der Waals surface area contributed by atoms with Gasteiger partial charge in [-0.25, -0.2) is 0 Å². The van der Waals surface area contributed by atoms with E-state index in [2.05, 4.69) is 5.73 Å². The Labute approximate surface area is 78.5 Å². The molecule has 0 radical (unpaired) electrons. The number of carbonyl (C=O) groups excluding carboxylic acids is 1. The quantitative estimate of drug-likeness (QED) is 0.556. The molecule has 0 aliphatic heterocycles. The topological polar surface area (TPSA) is 52.3 Å². The predicted molar refractivity (Wildman–Crippen MR) is 52.5 cm³/mol. The minimum atomic E-state index is -0.198. The largest absolute Gasteiger partial charge is 0.427 e. The minimum Gasteiger partial charge on any atom is -0.427 e. The van der Waals surface area contributed by atoms with E-state index < -0.39 is 0 Å². The monoisotopic (exact) mass is 181 g/mol. The van der Waals surface area contributed by atoms with Crippen LogP contribution in [0.3, 0.4) is 0 Å². The SMILES string of the molecule is CCC(=O)Oc1ccccc1.CN. The van der Waals surface area contributed by atoms with Crippen LogP contribution in [-0.4, -0.2) is 13.0 Å². The highest BCUT2D eigenvalue weighted by molar-refractivity contribution is 5.71. The Morgan fingerprint density at radius 3 is 2.31 bits per heavy atom. The fourth-order valence-corrected chi connectivity index (χ4v) is 0.692. The lowest BCUT2D eigenvalue weighted by Crippen LogP contribution is -2.04. The zero-order chi connectivity index (χ0) is 10.1. The molecule has 13 heavy (non-hydrogen) atoms. The molecular weight excluding hydrogens is 166 g/mol. The molecule has 1 rings (SSSR count). The van der Waals surface area contributed by atoms with Crippen molar-refractivity contribution in [2.24, 2.45) is 5.73 Å². The molecule has 0 unspecified atom stereocenters. The van der Waals surface area contributed by atoms with Gasteiger partial charge in [-0.2, -0.15) is 0 Å². The van der Waals surface area contributed by atoms with Crippen molar-refractivity contribution in [1.82, 2.24) is 0 Å². The highest BCUT2D eigenvalue weighted by Crippen LogP contribution is 2.08. The van der Waals surface area contributed by atoms with E-state index in [-0.39, 0.29) is 5.97 Å². The highest BCUT2D eigenvalue weighted by atomic mass is 16.5. The number of carbonyl (C=O) groups is 1. The molecule has 72 valence electrons. The molecule has 0 saturated carbocycles. The summed E-state index contributed by atoms with van der Waals surface area (Å²) in [6.07, 6.45) is 0.412. The molecule has 0 atom stereocenters. The first kappa shape index (κ1) is 11.6. The number of nitrogens with two attached hydrogens (primary N) is 1. The van der Waals surface area contributed by atoms with Crippen molar-refractivity contribution < 1.29 is 9.53 Å². The molecule has 3 heteroatoms. The van der Waals surface area contributed by atoms with Gasteiger partial charge in [-0.15, -0.1) is 0 Å². The number of ether oxygens (including phenoxy) is 1. The van der Waals surface area contributed by atoms with Gasteiger partial charge in [-0.05, 0) is 19.2 Å². The number of hydrogen-bond donors (Lipinski definition) is 1. The smallest absolute Gasteiger partial charge is 0.310 e. The first-order valence-corrected chi connectivity index (χ1v) is 4.16. The summed E-state index contributed by atoms with van der Waals surface area (Å²) in [5.74, 6) is 0.413. The van der Waals surface area contributed by atoms with E-state index in [1.165, 1.54) is 7.05 Å². The Hall–Kier alpha value is -1.35. The molecule has 0 amide bonds. The molecule has 0 bridgehead atoms. The Bertz CT molecular complexity index is 234. The zero-order valence-corrected chi connectivity index (χ0v) is 7.99. The Kier molecular flexibility index (Phi) is 6.55. The lowest BCUT2D eigenvalue weighted by Gasteiger charge is -1.99. The maximum absolute atomic E-state index is 10.8. The second-order valence-corrected chi connectivity index (χ2v) is 2.14. The third-order valence-electron chi connectivity index (χ3n) is 1.26. The summed E-state index contributed by atoms with van der Waals surface area (Å²) in [5, 5.41) is 0. The molecule has 0 aliphatic carbocycles. The van der Waals surface area contributed by atoms with E-state index in [0.29, 0.717) is 12.2 Å². The first-order chi connectivity index (χ1) is 6.33. The van der Waals surface area contributed by atoms with Gasteiger partial charge >= 0.3 is 5.97 Å². The fourth-order valence-electron chi connectivity index (χ4n) is 0.692. The Balaban J connectivity index is 0.000000671. The van der Waals surface area contributed by atoms with Crippen LogP contribution in [0.5, 0.6) is 5.75 Å². The number of hydrogen-bond acceptors (Lipinski definition) is 3. The normalized spacial score (nSPS) is 8.23. The van der Waals surface area contributed by atoms with Crippen LogP contribution in [0.15, 0.2) is 30.3 Å². The number of benzene rings is 1. The van der Waals surface area contributed by atoms with Gasteiger partial charge in [0.1, 0.15) is 5.75 Å². The van der Waals surface area contributed by atoms with Crippen LogP contribution in [0.25, 0.3) is 0 Å². The van der Waals surface area contributed by atoms with Gasteiger partial charge in [0, 0.05) is 6.42 Å². The van der Waals surface area contributed by atoms with Gasteiger partial charge in [0.15, 0.2) is 0 Å². The maximum Gasteiger partial charge on any atom is 0.310 e. The first-order valence-electron chi connectivity index (χ1n) is 4.16. The molecule has 2 N–H and O–H groups in total. The Morgan fingerprint density at radius 2 is 1.85 bits per heavy atom. The maximum atomic E-state index is 10.8. The lowest BCUT2D eigenvalue weighted by molar-refractivity contribution is -0.134. The Morgan fingerprint density at radius 1 is 1.31 bits per heavy atom. The van der Waals surface area contributed by atoms with Gasteiger partial charge in [0.25, 0.3) is 0 Å². The van der Waals surface area contributed by atoms with Gasteiger partial charge in [-0.3, -0.25) is 4.79 Å². The molecule has 0 aromatic heterocycles. The van der Waals surface area contributed by atoms with Crippen molar-refractivity contribution >= 4 is 5.97 Å². The molecular formula is C10H15NO2. The lowest BCUT2D eigenvalue weighted by atomic mass is 10.3. The summed E-state index contributed by atoms with van der Waals surface area (Å²) in [7, 11) is 1.50. The summed E-state index contributed by atoms with van der Waals surface area (Å²) in [4.78, 5) is 10.8. The number of para-hydroxylation sites is 1. The van der Waals surface area contributed by atoms with E-state index in [9.17, 15) is 4.79 Å². The molecule has 0 spiro atoms. The molecule has 1 aromatic carbocycles. The van der Waals surface area contributed by atoms with E-state index in [1.807, 2.05) is 18.2 Å². The summed E-state index contributed by atoms with van der Waals surface area (Å²) in [6.45, 7) is 1.77. The van der Waals surface area contributed by atoms with Crippen LogP contribution in [0.2, 0.25) is 0 Å². The second-order valence-electron chi connectivity index (χ2n) is 2.14. The van der Waals surface area contributed by atoms with E-state index in [0.717, 1.165) is 0 Å². The molecule has 0 fully saturated rings. The van der Waals surface area contributed by atoms with Crippen LogP contribution in [0.4, 0.5) is 0 Å². The third kappa shape index (κ3) is 4.98. The van der Waals surface area contributed by atoms with Gasteiger partial charge in [0.2, 0.25) is 0 Å². The second kappa shape index (κ2) is 7.31. The van der Waals surface area contributed by atoms with Crippen LogP contribution in [0, 0.1) is 0 Å². The fraction of sp³-hybridized carbons (Fsp3) is 0.300. The van der Waals surface area contributed by atoms with E-state index >= 15 is 0 Å². The molecule has 1 aromatic rings. The highest BCUT2D eigenvalue weighted by Gasteiger charge is 1.98. The van der Waals surface area contributed by atoms with Crippen LogP contribution in [0.1, 0.15) is 13.3 Å². The van der Waals surface area contributed by atoms with Crippen molar-refractivity contribution in [2.45, 2.75) is 13.3 Å². The third-order valence-corrected chi connectivity index (χ3v) is 1.26. The number of esters is 1. The van der Waals surface area contributed by atoms with Gasteiger partial charge in [0.05, 0.1) is 0 Å². The minimum absolute atomic E-state index is 0.198. The number of rotatable bonds is 2. The zero-order valence-electron chi connectivity index (χ0n) is 7.99. The summed E-state index contributed by atoms with van der Waals surface area (Å²) >= 11 is 0. The molecule has 3 nitrogen and oxygen atoms in total. The van der Waals surface area contributed by atoms with Crippen molar-refractivity contribution in [2.75, 3.05) is 7.05 Å². The van der Waals surface area contributed by atoms with Crippen LogP contribution >= 0.6 is 0 Å². The standard InChI is InChI=1S/C9H10O2.CH5N/c1-2-9(10)11-8-6-4-3-5-7-8;1-2/h3-7H,2H2,1H3;2H2,1H3. The molecule has 0 saturated heterocycles. The predicted octanol–water partition coefficient (Wildman–Crippen LogP) is 1.58. The summed E-state index contributed by atoms with van der Waals surface area (Å²) in [5.41, 5.74) is 4.50. The van der Waals surface area contributed by atoms with Crippen LogP contribution < -0.4 is 10.5 Å². The average Bonchev–Trinajstić information content (AvgIpc) is 2.22. The molecule has 0 aliphatic rings. The van der Waals surface area contributed by atoms with Crippen LogP contribution in [-0.2, 0) is 4.79 Å². The summed E-state index contributed by atoms with van der Waals surface area (Å²) < 4.78 is 4.92. The van der Waals surface area contributed by atoms with Crippen molar-refractivity contribution in [3.63, 3.8) is 0 Å². The van der Waals surface area contributed by atoms with E-state index in [4.69, 9.17) is 4.74 Å². The van der Waals surface area contributed by atoms with E-state index in [1.54, 1.807) is 19.1 Å². The summed E-state index contributed by atoms with van der Waals surface area (Å²) in [6, 6.07) is 9.06. The van der Waals surface area contributed by atoms with Crippen molar-refractivity contribution in [3.05, 3.63) is 30.3 Å². The van der Waals surface area contributed by atoms with Crippen molar-refractivity contribution in [1.29, 1.82) is 0 Å².